The number of nitrogens with zero attached hydrogens (tertiary/aromatic N) is 3. The number of guanidine groups is 1. The van der Waals surface area contributed by atoms with Gasteiger partial charge in [0.05, 0.1) is 12.7 Å². The van der Waals surface area contributed by atoms with Crippen molar-refractivity contribution in [2.24, 2.45) is 10.9 Å². The number of aliphatic imine (C=N–C) groups is 1. The van der Waals surface area contributed by atoms with Gasteiger partial charge < -0.3 is 15.1 Å². The maximum atomic E-state index is 5.82. The third-order valence-corrected chi connectivity index (χ3v) is 4.62. The summed E-state index contributed by atoms with van der Waals surface area (Å²) in [5, 5.41) is 6.84. The van der Waals surface area contributed by atoms with Gasteiger partial charge in [0.1, 0.15) is 5.76 Å². The van der Waals surface area contributed by atoms with E-state index in [9.17, 15) is 0 Å². The molecule has 0 bridgehead atoms. The minimum atomic E-state index is -0.0231. The summed E-state index contributed by atoms with van der Waals surface area (Å²) in [7, 11) is 1.80. The Morgan fingerprint density at radius 2 is 2.12 bits per heavy atom. The number of oxazole rings is 1. The van der Waals surface area contributed by atoms with E-state index in [0.29, 0.717) is 30.4 Å². The van der Waals surface area contributed by atoms with Crippen molar-refractivity contribution in [2.75, 3.05) is 20.1 Å². The molecule has 0 spiro atoms. The van der Waals surface area contributed by atoms with E-state index in [2.05, 4.69) is 67.1 Å². The van der Waals surface area contributed by atoms with E-state index in [1.165, 1.54) is 0 Å². The lowest BCUT2D eigenvalue weighted by molar-refractivity contribution is 0.265. The van der Waals surface area contributed by atoms with Crippen LogP contribution in [-0.2, 0) is 12.0 Å². The second kappa shape index (κ2) is 7.55. The number of hydrogen-bond donors (Lipinski definition) is 2. The largest absolute Gasteiger partial charge is 0.443 e. The minimum absolute atomic E-state index is 0.0231. The predicted molar refractivity (Wildman–Crippen MR) is 98.2 cm³/mol. The second-order valence-corrected chi connectivity index (χ2v) is 8.07. The average molecular weight is 335 g/mol. The summed E-state index contributed by atoms with van der Waals surface area (Å²) in [6.07, 6.45) is 1.81. The normalized spacial score (nSPS) is 23.1. The average Bonchev–Trinajstić information content (AvgIpc) is 3.10. The Bertz CT molecular complexity index is 558. The van der Waals surface area contributed by atoms with E-state index in [1.54, 1.807) is 7.05 Å². The summed E-state index contributed by atoms with van der Waals surface area (Å²) in [5.41, 5.74) is -0.0231. The molecule has 2 atom stereocenters. The fourth-order valence-electron chi connectivity index (χ4n) is 2.88. The Morgan fingerprint density at radius 3 is 2.62 bits per heavy atom. The molecule has 2 heterocycles. The van der Waals surface area contributed by atoms with Gasteiger partial charge in [0, 0.05) is 37.6 Å². The number of likely N-dealkylation sites (tertiary alicyclic amines) is 1. The molecular formula is C18H33N5O. The van der Waals surface area contributed by atoms with Gasteiger partial charge in [-0.25, -0.2) is 4.98 Å². The Hall–Kier alpha value is -1.56. The molecule has 2 unspecified atom stereocenters. The van der Waals surface area contributed by atoms with Gasteiger partial charge >= 0.3 is 0 Å². The summed E-state index contributed by atoms with van der Waals surface area (Å²) in [4.78, 5) is 11.2. The van der Waals surface area contributed by atoms with Gasteiger partial charge in [-0.05, 0) is 19.8 Å². The van der Waals surface area contributed by atoms with E-state index in [4.69, 9.17) is 4.42 Å². The first kappa shape index (κ1) is 18.8. The zero-order valence-electron chi connectivity index (χ0n) is 16.2. The predicted octanol–water partition coefficient (Wildman–Crippen LogP) is 2.37. The maximum absolute atomic E-state index is 5.82. The van der Waals surface area contributed by atoms with Gasteiger partial charge in [0.15, 0.2) is 5.96 Å². The maximum Gasteiger partial charge on any atom is 0.213 e. The zero-order chi connectivity index (χ0) is 17.9. The van der Waals surface area contributed by atoms with Crippen LogP contribution in [0.3, 0.4) is 0 Å². The van der Waals surface area contributed by atoms with Crippen molar-refractivity contribution in [3.05, 3.63) is 17.8 Å². The minimum Gasteiger partial charge on any atom is -0.443 e. The molecule has 0 radical (unpaired) electrons. The third kappa shape index (κ3) is 4.72. The van der Waals surface area contributed by atoms with Crippen LogP contribution >= 0.6 is 0 Å². The van der Waals surface area contributed by atoms with Crippen LogP contribution in [0.4, 0.5) is 0 Å². The number of aromatic nitrogens is 1. The van der Waals surface area contributed by atoms with Crippen LogP contribution in [0, 0.1) is 5.92 Å². The molecule has 1 aliphatic heterocycles. The highest BCUT2D eigenvalue weighted by Crippen LogP contribution is 2.22. The molecule has 1 fully saturated rings. The second-order valence-electron chi connectivity index (χ2n) is 8.07. The van der Waals surface area contributed by atoms with Crippen molar-refractivity contribution < 1.29 is 4.42 Å². The Labute approximate surface area is 146 Å². The van der Waals surface area contributed by atoms with Crippen LogP contribution in [0.15, 0.2) is 15.6 Å². The topological polar surface area (TPSA) is 65.7 Å². The molecule has 1 saturated heterocycles. The highest BCUT2D eigenvalue weighted by Gasteiger charge is 2.31. The summed E-state index contributed by atoms with van der Waals surface area (Å²) in [6, 6.07) is 0.991. The van der Waals surface area contributed by atoms with E-state index in [-0.39, 0.29) is 5.41 Å². The van der Waals surface area contributed by atoms with E-state index < -0.39 is 0 Å². The zero-order valence-corrected chi connectivity index (χ0v) is 16.2. The van der Waals surface area contributed by atoms with Gasteiger partial charge in [-0.1, -0.05) is 27.7 Å². The number of nitrogens with one attached hydrogen (secondary N) is 2. The molecule has 0 saturated carbocycles. The van der Waals surface area contributed by atoms with Crippen molar-refractivity contribution in [1.82, 2.24) is 20.5 Å². The quantitative estimate of drug-likeness (QED) is 0.653. The lowest BCUT2D eigenvalue weighted by atomic mass is 9.94. The molecule has 1 aromatic rings. The van der Waals surface area contributed by atoms with Gasteiger partial charge in [-0.3, -0.25) is 9.89 Å². The Kier molecular flexibility index (Phi) is 5.91. The molecule has 2 N–H and O–H groups in total. The smallest absolute Gasteiger partial charge is 0.213 e. The van der Waals surface area contributed by atoms with E-state index >= 15 is 0 Å². The van der Waals surface area contributed by atoms with Gasteiger partial charge in [-0.15, -0.1) is 0 Å². The first-order chi connectivity index (χ1) is 11.2. The van der Waals surface area contributed by atoms with Gasteiger partial charge in [-0.2, -0.15) is 0 Å². The van der Waals surface area contributed by atoms with Crippen molar-refractivity contribution in [1.29, 1.82) is 0 Å². The summed E-state index contributed by atoms with van der Waals surface area (Å²) in [6.45, 7) is 15.8. The highest BCUT2D eigenvalue weighted by molar-refractivity contribution is 5.79. The summed E-state index contributed by atoms with van der Waals surface area (Å²) >= 11 is 0. The molecule has 0 aromatic carbocycles. The van der Waals surface area contributed by atoms with Crippen LogP contribution in [0.25, 0.3) is 0 Å². The van der Waals surface area contributed by atoms with E-state index in [0.717, 1.165) is 24.8 Å². The molecule has 0 aliphatic carbocycles. The van der Waals surface area contributed by atoms with Crippen LogP contribution in [0.2, 0.25) is 0 Å². The standard InChI is InChI=1S/C18H33N5O/c1-12(2)23-10-13(3)14(11-23)22-17(19-7)21-9-16-20-8-15(24-16)18(4,5)6/h8,12-14H,9-11H2,1-7H3,(H2,19,21,22). The monoisotopic (exact) mass is 335 g/mol. The Balaban J connectivity index is 1.88. The van der Waals surface area contributed by atoms with Crippen molar-refractivity contribution >= 4 is 5.96 Å². The van der Waals surface area contributed by atoms with Gasteiger partial charge in [0.2, 0.25) is 5.89 Å². The van der Waals surface area contributed by atoms with Crippen molar-refractivity contribution in [2.45, 2.75) is 65.6 Å². The Morgan fingerprint density at radius 1 is 1.42 bits per heavy atom. The molecule has 0 amide bonds. The molecular weight excluding hydrogens is 302 g/mol. The van der Waals surface area contributed by atoms with Crippen LogP contribution in [0.5, 0.6) is 0 Å². The SMILES string of the molecule is CN=C(NCc1ncc(C(C)(C)C)o1)NC1CN(C(C)C)CC1C. The van der Waals surface area contributed by atoms with Crippen LogP contribution in [-0.4, -0.2) is 48.1 Å². The number of hydrogen-bond acceptors (Lipinski definition) is 4. The van der Waals surface area contributed by atoms with Crippen LogP contribution in [0.1, 0.15) is 53.2 Å². The van der Waals surface area contributed by atoms with Crippen LogP contribution < -0.4 is 10.6 Å². The molecule has 136 valence electrons. The first-order valence-electron chi connectivity index (χ1n) is 8.87. The van der Waals surface area contributed by atoms with Crippen molar-refractivity contribution in [3.63, 3.8) is 0 Å². The lowest BCUT2D eigenvalue weighted by Crippen LogP contribution is -2.46. The third-order valence-electron chi connectivity index (χ3n) is 4.62. The number of rotatable bonds is 4. The molecule has 1 aliphatic rings. The fraction of sp³-hybridized carbons (Fsp3) is 0.778. The lowest BCUT2D eigenvalue weighted by Gasteiger charge is -2.21. The fourth-order valence-corrected chi connectivity index (χ4v) is 2.88. The van der Waals surface area contributed by atoms with Crippen molar-refractivity contribution in [3.8, 4) is 0 Å². The first-order valence-corrected chi connectivity index (χ1v) is 8.87. The van der Waals surface area contributed by atoms with Gasteiger partial charge in [0.25, 0.3) is 0 Å². The molecule has 24 heavy (non-hydrogen) atoms. The molecule has 2 rings (SSSR count). The summed E-state index contributed by atoms with van der Waals surface area (Å²) in [5.74, 6) is 2.98. The molecule has 1 aromatic heterocycles. The molecule has 6 nitrogen and oxygen atoms in total. The highest BCUT2D eigenvalue weighted by atomic mass is 16.4. The molecule has 6 heteroatoms. The summed E-state index contributed by atoms with van der Waals surface area (Å²) < 4.78 is 5.82. The van der Waals surface area contributed by atoms with E-state index in [1.807, 2.05) is 6.20 Å².